The first-order valence-electron chi connectivity index (χ1n) is 14.2. The maximum absolute atomic E-state index is 4.76. The van der Waals surface area contributed by atoms with E-state index in [0.717, 1.165) is 24.3 Å². The SMILES string of the molecule is Cn1c2ccncc2c2cc(Cn3c4ccc(Cn5c6ccccc6c6cccnc65)cc4c4ccncc43)ccc21. The summed E-state index contributed by atoms with van der Waals surface area (Å²) in [6.45, 7) is 1.51. The third kappa shape index (κ3) is 3.29. The first-order valence-corrected chi connectivity index (χ1v) is 14.2. The molecule has 0 N–H and O–H groups in total. The van der Waals surface area contributed by atoms with Gasteiger partial charge in [0.1, 0.15) is 5.65 Å². The summed E-state index contributed by atoms with van der Waals surface area (Å²) in [6, 6.07) is 30.6. The molecule has 6 heteroatoms. The van der Waals surface area contributed by atoms with Gasteiger partial charge in [0.25, 0.3) is 0 Å². The molecule has 42 heavy (non-hydrogen) atoms. The Balaban J connectivity index is 1.17. The molecule has 9 aromatic rings. The molecule has 0 spiro atoms. The molecule has 6 aromatic heterocycles. The van der Waals surface area contributed by atoms with Gasteiger partial charge in [0.05, 0.1) is 22.7 Å². The Morgan fingerprint density at radius 1 is 0.500 bits per heavy atom. The Hall–Kier alpha value is -5.49. The zero-order chi connectivity index (χ0) is 27.8. The van der Waals surface area contributed by atoms with Crippen LogP contribution in [-0.2, 0) is 20.1 Å². The monoisotopic (exact) mass is 542 g/mol. The molecule has 6 heterocycles. The first kappa shape index (κ1) is 23.2. The van der Waals surface area contributed by atoms with Crippen molar-refractivity contribution in [2.45, 2.75) is 13.1 Å². The molecular formula is C36H26N6. The van der Waals surface area contributed by atoms with Crippen molar-refractivity contribution < 1.29 is 0 Å². The molecule has 0 amide bonds. The molecule has 200 valence electrons. The van der Waals surface area contributed by atoms with Gasteiger partial charge in [-0.05, 0) is 65.7 Å². The van der Waals surface area contributed by atoms with E-state index in [4.69, 9.17) is 4.98 Å². The van der Waals surface area contributed by atoms with Crippen molar-refractivity contribution >= 4 is 65.5 Å². The maximum Gasteiger partial charge on any atom is 0.141 e. The highest BCUT2D eigenvalue weighted by molar-refractivity contribution is 6.09. The van der Waals surface area contributed by atoms with Crippen LogP contribution >= 0.6 is 0 Å². The first-order chi connectivity index (χ1) is 20.7. The van der Waals surface area contributed by atoms with Crippen molar-refractivity contribution in [2.75, 3.05) is 0 Å². The predicted octanol–water partition coefficient (Wildman–Crippen LogP) is 7.83. The zero-order valence-electron chi connectivity index (χ0n) is 23.1. The fourth-order valence-corrected chi connectivity index (χ4v) is 6.87. The van der Waals surface area contributed by atoms with E-state index in [1.165, 1.54) is 65.5 Å². The van der Waals surface area contributed by atoms with Crippen LogP contribution in [0.25, 0.3) is 65.5 Å². The van der Waals surface area contributed by atoms with Gasteiger partial charge in [-0.25, -0.2) is 4.98 Å². The summed E-state index contributed by atoms with van der Waals surface area (Å²) < 4.78 is 6.98. The molecule has 0 saturated heterocycles. The molecule has 0 aliphatic heterocycles. The second kappa shape index (κ2) is 8.75. The van der Waals surface area contributed by atoms with Crippen LogP contribution < -0.4 is 0 Å². The van der Waals surface area contributed by atoms with Gasteiger partial charge in [-0.15, -0.1) is 0 Å². The van der Waals surface area contributed by atoms with Gasteiger partial charge < -0.3 is 13.7 Å². The highest BCUT2D eigenvalue weighted by Crippen LogP contribution is 2.34. The van der Waals surface area contributed by atoms with Crippen LogP contribution in [0, 0.1) is 0 Å². The topological polar surface area (TPSA) is 53.5 Å². The quantitative estimate of drug-likeness (QED) is 0.228. The number of benzene rings is 3. The molecule has 3 aromatic carbocycles. The average Bonchev–Trinajstić information content (AvgIpc) is 3.63. The minimum absolute atomic E-state index is 0.751. The molecule has 0 saturated carbocycles. The molecule has 0 aliphatic rings. The lowest BCUT2D eigenvalue weighted by molar-refractivity contribution is 0.854. The highest BCUT2D eigenvalue weighted by atomic mass is 15.0. The van der Waals surface area contributed by atoms with Crippen molar-refractivity contribution in [3.63, 3.8) is 0 Å². The molecule has 0 unspecified atom stereocenters. The van der Waals surface area contributed by atoms with Gasteiger partial charge in [-0.3, -0.25) is 9.97 Å². The van der Waals surface area contributed by atoms with E-state index >= 15 is 0 Å². The number of para-hydroxylation sites is 1. The van der Waals surface area contributed by atoms with E-state index in [-0.39, 0.29) is 0 Å². The van der Waals surface area contributed by atoms with Gasteiger partial charge in [-0.2, -0.15) is 0 Å². The summed E-state index contributed by atoms with van der Waals surface area (Å²) in [4.78, 5) is 13.7. The Morgan fingerprint density at radius 2 is 1.17 bits per heavy atom. The van der Waals surface area contributed by atoms with Gasteiger partial charge >= 0.3 is 0 Å². The van der Waals surface area contributed by atoms with E-state index in [1.807, 2.05) is 37.1 Å². The standard InChI is InChI=1S/C36H26N6/c1-40-31-10-8-23(18-29(31)30-19-37-16-13-32(30)40)21-41-34-11-9-24(17-28(34)26-12-15-38-20-35(26)41)22-42-33-7-3-2-5-25(33)27-6-4-14-39-36(27)42/h2-20H,21-22H2,1H3. The molecular weight excluding hydrogens is 516 g/mol. The van der Waals surface area contributed by atoms with E-state index in [0.29, 0.717) is 0 Å². The van der Waals surface area contributed by atoms with Crippen molar-refractivity contribution in [2.24, 2.45) is 7.05 Å². The van der Waals surface area contributed by atoms with E-state index in [1.54, 1.807) is 0 Å². The lowest BCUT2D eigenvalue weighted by Gasteiger charge is -2.10. The predicted molar refractivity (Wildman–Crippen MR) is 171 cm³/mol. The van der Waals surface area contributed by atoms with Crippen LogP contribution in [-0.4, -0.2) is 28.7 Å². The van der Waals surface area contributed by atoms with Crippen molar-refractivity contribution in [1.82, 2.24) is 28.7 Å². The smallest absolute Gasteiger partial charge is 0.141 e. The minimum atomic E-state index is 0.751. The van der Waals surface area contributed by atoms with Crippen molar-refractivity contribution in [1.29, 1.82) is 0 Å². The Morgan fingerprint density at radius 3 is 2.07 bits per heavy atom. The van der Waals surface area contributed by atoms with Crippen LogP contribution in [0.15, 0.2) is 116 Å². The van der Waals surface area contributed by atoms with E-state index in [2.05, 4.69) is 110 Å². The van der Waals surface area contributed by atoms with E-state index < -0.39 is 0 Å². The number of nitrogens with zero attached hydrogens (tertiary/aromatic N) is 6. The van der Waals surface area contributed by atoms with Crippen LogP contribution in [0.2, 0.25) is 0 Å². The summed E-state index contributed by atoms with van der Waals surface area (Å²) in [7, 11) is 2.12. The number of pyridine rings is 3. The van der Waals surface area contributed by atoms with Crippen LogP contribution in [0.3, 0.4) is 0 Å². The summed E-state index contributed by atoms with van der Waals surface area (Å²) in [6.07, 6.45) is 9.60. The molecule has 0 aliphatic carbocycles. The number of aryl methyl sites for hydroxylation is 1. The molecule has 0 radical (unpaired) electrons. The second-order valence-electron chi connectivity index (χ2n) is 11.1. The highest BCUT2D eigenvalue weighted by Gasteiger charge is 2.16. The molecule has 6 nitrogen and oxygen atoms in total. The van der Waals surface area contributed by atoms with E-state index in [9.17, 15) is 0 Å². The summed E-state index contributed by atoms with van der Waals surface area (Å²) in [5.74, 6) is 0. The van der Waals surface area contributed by atoms with Gasteiger partial charge in [-0.1, -0.05) is 30.3 Å². The number of hydrogen-bond acceptors (Lipinski definition) is 3. The Labute approximate surface area is 241 Å². The summed E-state index contributed by atoms with van der Waals surface area (Å²) >= 11 is 0. The largest absolute Gasteiger partial charge is 0.344 e. The number of rotatable bonds is 4. The minimum Gasteiger partial charge on any atom is -0.344 e. The van der Waals surface area contributed by atoms with Crippen molar-refractivity contribution in [3.8, 4) is 0 Å². The maximum atomic E-state index is 4.76. The van der Waals surface area contributed by atoms with Crippen LogP contribution in [0.1, 0.15) is 11.1 Å². The lowest BCUT2D eigenvalue weighted by Crippen LogP contribution is -2.01. The summed E-state index contributed by atoms with van der Waals surface area (Å²) in [5, 5.41) is 7.31. The van der Waals surface area contributed by atoms with Crippen LogP contribution in [0.5, 0.6) is 0 Å². The zero-order valence-corrected chi connectivity index (χ0v) is 23.1. The fourth-order valence-electron chi connectivity index (χ4n) is 6.87. The van der Waals surface area contributed by atoms with Gasteiger partial charge in [0, 0.05) is 88.3 Å². The average molecular weight is 543 g/mol. The molecule has 9 rings (SSSR count). The number of fused-ring (bicyclic) bond motifs is 9. The van der Waals surface area contributed by atoms with Gasteiger partial charge in [0.15, 0.2) is 0 Å². The normalized spacial score (nSPS) is 12.1. The summed E-state index contributed by atoms with van der Waals surface area (Å²) in [5.41, 5.74) is 9.49. The Kier molecular flexibility index (Phi) is 4.84. The fraction of sp³-hybridized carbons (Fsp3) is 0.0833. The third-order valence-corrected chi connectivity index (χ3v) is 8.81. The Bertz CT molecular complexity index is 2440. The van der Waals surface area contributed by atoms with Gasteiger partial charge in [0.2, 0.25) is 0 Å². The molecule has 0 bridgehead atoms. The number of aromatic nitrogens is 6. The second-order valence-corrected chi connectivity index (χ2v) is 11.1. The molecule has 0 atom stereocenters. The number of hydrogen-bond donors (Lipinski definition) is 0. The third-order valence-electron chi connectivity index (χ3n) is 8.81. The van der Waals surface area contributed by atoms with Crippen molar-refractivity contribution in [3.05, 3.63) is 127 Å². The molecule has 0 fully saturated rings. The lowest BCUT2D eigenvalue weighted by atomic mass is 10.1. The van der Waals surface area contributed by atoms with Crippen LogP contribution in [0.4, 0.5) is 0 Å².